The van der Waals surface area contributed by atoms with Crippen molar-refractivity contribution < 1.29 is 9.90 Å². The molecule has 0 aliphatic carbocycles. The van der Waals surface area contributed by atoms with E-state index < -0.39 is 5.97 Å². The summed E-state index contributed by atoms with van der Waals surface area (Å²) >= 11 is 0. The molecule has 0 unspecified atom stereocenters. The van der Waals surface area contributed by atoms with Gasteiger partial charge in [-0.2, -0.15) is 0 Å². The van der Waals surface area contributed by atoms with E-state index >= 15 is 0 Å². The SMILES string of the molecule is Cc1ccc(C)c(/C(=C/c2ccccn2)C(=O)O)c1. The largest absolute Gasteiger partial charge is 0.478 e. The summed E-state index contributed by atoms with van der Waals surface area (Å²) in [6.45, 7) is 3.85. The van der Waals surface area contributed by atoms with Crippen molar-refractivity contribution in [2.75, 3.05) is 0 Å². The number of hydrogen-bond acceptors (Lipinski definition) is 2. The highest BCUT2D eigenvalue weighted by Gasteiger charge is 2.13. The van der Waals surface area contributed by atoms with Crippen LogP contribution in [0.25, 0.3) is 11.6 Å². The lowest BCUT2D eigenvalue weighted by Crippen LogP contribution is -2.02. The smallest absolute Gasteiger partial charge is 0.336 e. The maximum atomic E-state index is 11.5. The van der Waals surface area contributed by atoms with E-state index in [2.05, 4.69) is 4.98 Å². The summed E-state index contributed by atoms with van der Waals surface area (Å²) in [6, 6.07) is 11.2. The van der Waals surface area contributed by atoms with Crippen molar-refractivity contribution in [3.05, 3.63) is 65.0 Å². The molecule has 2 aromatic rings. The highest BCUT2D eigenvalue weighted by atomic mass is 16.4. The van der Waals surface area contributed by atoms with Crippen LogP contribution in [0, 0.1) is 13.8 Å². The summed E-state index contributed by atoms with van der Waals surface area (Å²) in [5.41, 5.74) is 3.61. The fraction of sp³-hybridized carbons (Fsp3) is 0.125. The van der Waals surface area contributed by atoms with E-state index in [0.29, 0.717) is 5.69 Å². The Morgan fingerprint density at radius 2 is 2.00 bits per heavy atom. The molecule has 19 heavy (non-hydrogen) atoms. The average Bonchev–Trinajstić information content (AvgIpc) is 2.40. The van der Waals surface area contributed by atoms with Crippen LogP contribution in [-0.2, 0) is 4.79 Å². The second kappa shape index (κ2) is 5.48. The zero-order chi connectivity index (χ0) is 13.8. The van der Waals surface area contributed by atoms with Crippen LogP contribution in [0.2, 0.25) is 0 Å². The van der Waals surface area contributed by atoms with Crippen molar-refractivity contribution in [2.45, 2.75) is 13.8 Å². The molecule has 0 aliphatic heterocycles. The molecule has 0 amide bonds. The zero-order valence-corrected chi connectivity index (χ0v) is 10.9. The predicted octanol–water partition coefficient (Wildman–Crippen LogP) is 3.32. The van der Waals surface area contributed by atoms with Crippen molar-refractivity contribution in [1.82, 2.24) is 4.98 Å². The van der Waals surface area contributed by atoms with E-state index in [1.807, 2.05) is 38.1 Å². The Morgan fingerprint density at radius 1 is 1.21 bits per heavy atom. The zero-order valence-electron chi connectivity index (χ0n) is 10.9. The van der Waals surface area contributed by atoms with Crippen molar-refractivity contribution in [3.63, 3.8) is 0 Å². The van der Waals surface area contributed by atoms with Gasteiger partial charge in [0, 0.05) is 6.20 Å². The summed E-state index contributed by atoms with van der Waals surface area (Å²) in [5.74, 6) is -0.945. The number of pyridine rings is 1. The van der Waals surface area contributed by atoms with E-state index in [1.165, 1.54) is 0 Å². The van der Waals surface area contributed by atoms with Crippen LogP contribution in [-0.4, -0.2) is 16.1 Å². The van der Waals surface area contributed by atoms with Crippen molar-refractivity contribution in [1.29, 1.82) is 0 Å². The number of carboxylic acid groups (broad SMARTS) is 1. The van der Waals surface area contributed by atoms with Gasteiger partial charge in [0.05, 0.1) is 11.3 Å². The Bertz CT molecular complexity index is 630. The van der Waals surface area contributed by atoms with E-state index in [0.717, 1.165) is 16.7 Å². The molecule has 3 nitrogen and oxygen atoms in total. The van der Waals surface area contributed by atoms with E-state index in [1.54, 1.807) is 24.4 Å². The highest BCUT2D eigenvalue weighted by Crippen LogP contribution is 2.22. The Kier molecular flexibility index (Phi) is 3.76. The molecule has 3 heteroatoms. The number of carbonyl (C=O) groups is 1. The second-order valence-electron chi connectivity index (χ2n) is 4.44. The summed E-state index contributed by atoms with van der Waals surface area (Å²) in [4.78, 5) is 15.6. The molecule has 0 atom stereocenters. The first-order valence-electron chi connectivity index (χ1n) is 6.01. The lowest BCUT2D eigenvalue weighted by atomic mass is 9.97. The first-order chi connectivity index (χ1) is 9.08. The van der Waals surface area contributed by atoms with Crippen LogP contribution < -0.4 is 0 Å². The molecule has 0 fully saturated rings. The molecule has 1 heterocycles. The molecule has 1 N–H and O–H groups in total. The number of benzene rings is 1. The number of aromatic nitrogens is 1. The summed E-state index contributed by atoms with van der Waals surface area (Å²) in [6.07, 6.45) is 3.25. The molecule has 0 saturated heterocycles. The number of carboxylic acids is 1. The monoisotopic (exact) mass is 253 g/mol. The van der Waals surface area contributed by atoms with Gasteiger partial charge in [0.1, 0.15) is 0 Å². The van der Waals surface area contributed by atoms with Gasteiger partial charge >= 0.3 is 5.97 Å². The van der Waals surface area contributed by atoms with Gasteiger partial charge in [0.2, 0.25) is 0 Å². The van der Waals surface area contributed by atoms with Crippen LogP contribution in [0.4, 0.5) is 0 Å². The first kappa shape index (κ1) is 13.0. The highest BCUT2D eigenvalue weighted by molar-refractivity contribution is 6.20. The Hall–Kier alpha value is -2.42. The molecular formula is C16H15NO2. The normalized spacial score (nSPS) is 11.4. The molecule has 1 aromatic carbocycles. The van der Waals surface area contributed by atoms with Gasteiger partial charge in [-0.05, 0) is 43.2 Å². The summed E-state index contributed by atoms with van der Waals surface area (Å²) in [7, 11) is 0. The standard InChI is InChI=1S/C16H15NO2/c1-11-6-7-12(2)14(9-11)15(16(18)19)10-13-5-3-4-8-17-13/h3-10H,1-2H3,(H,18,19)/b15-10-. The van der Waals surface area contributed by atoms with Crippen LogP contribution in [0.15, 0.2) is 42.6 Å². The maximum absolute atomic E-state index is 11.5. The summed E-state index contributed by atoms with van der Waals surface area (Å²) in [5, 5.41) is 9.41. The minimum absolute atomic E-state index is 0.264. The molecule has 0 radical (unpaired) electrons. The van der Waals surface area contributed by atoms with Crippen molar-refractivity contribution in [2.24, 2.45) is 0 Å². The topological polar surface area (TPSA) is 50.2 Å². The lowest BCUT2D eigenvalue weighted by molar-refractivity contribution is -0.130. The second-order valence-corrected chi connectivity index (χ2v) is 4.44. The lowest BCUT2D eigenvalue weighted by Gasteiger charge is -2.08. The van der Waals surface area contributed by atoms with Gasteiger partial charge in [-0.1, -0.05) is 29.8 Å². The summed E-state index contributed by atoms with van der Waals surface area (Å²) < 4.78 is 0. The third kappa shape index (κ3) is 3.07. The number of nitrogens with zero attached hydrogens (tertiary/aromatic N) is 1. The fourth-order valence-corrected chi connectivity index (χ4v) is 1.89. The van der Waals surface area contributed by atoms with Gasteiger partial charge in [-0.3, -0.25) is 4.98 Å². The molecule has 0 aliphatic rings. The number of aryl methyl sites for hydroxylation is 2. The van der Waals surface area contributed by atoms with E-state index in [-0.39, 0.29) is 5.57 Å². The first-order valence-corrected chi connectivity index (χ1v) is 6.01. The molecule has 0 spiro atoms. The van der Waals surface area contributed by atoms with Gasteiger partial charge in [-0.15, -0.1) is 0 Å². The predicted molar refractivity (Wildman–Crippen MR) is 75.7 cm³/mol. The van der Waals surface area contributed by atoms with Gasteiger partial charge in [0.25, 0.3) is 0 Å². The molecule has 0 bridgehead atoms. The van der Waals surface area contributed by atoms with Crippen LogP contribution in [0.3, 0.4) is 0 Å². The molecule has 0 saturated carbocycles. The van der Waals surface area contributed by atoms with Crippen molar-refractivity contribution >= 4 is 17.6 Å². The van der Waals surface area contributed by atoms with E-state index in [4.69, 9.17) is 0 Å². The Balaban J connectivity index is 2.55. The number of rotatable bonds is 3. The Labute approximate surface area is 112 Å². The fourth-order valence-electron chi connectivity index (χ4n) is 1.89. The van der Waals surface area contributed by atoms with Crippen LogP contribution in [0.1, 0.15) is 22.4 Å². The Morgan fingerprint density at radius 3 is 2.63 bits per heavy atom. The number of hydrogen-bond donors (Lipinski definition) is 1. The number of aliphatic carboxylic acids is 1. The quantitative estimate of drug-likeness (QED) is 0.854. The third-order valence-corrected chi connectivity index (χ3v) is 2.89. The van der Waals surface area contributed by atoms with Crippen LogP contribution >= 0.6 is 0 Å². The molecule has 1 aromatic heterocycles. The van der Waals surface area contributed by atoms with Gasteiger partial charge in [0.15, 0.2) is 0 Å². The molecule has 96 valence electrons. The van der Waals surface area contributed by atoms with Crippen LogP contribution in [0.5, 0.6) is 0 Å². The van der Waals surface area contributed by atoms with Gasteiger partial charge in [-0.25, -0.2) is 4.79 Å². The van der Waals surface area contributed by atoms with Gasteiger partial charge < -0.3 is 5.11 Å². The molecule has 2 rings (SSSR count). The third-order valence-electron chi connectivity index (χ3n) is 2.89. The van der Waals surface area contributed by atoms with E-state index in [9.17, 15) is 9.90 Å². The maximum Gasteiger partial charge on any atom is 0.336 e. The minimum atomic E-state index is -0.945. The minimum Gasteiger partial charge on any atom is -0.478 e. The van der Waals surface area contributed by atoms with Crippen molar-refractivity contribution in [3.8, 4) is 0 Å². The average molecular weight is 253 g/mol. The molecular weight excluding hydrogens is 238 g/mol.